The van der Waals surface area contributed by atoms with Crippen molar-refractivity contribution in [2.45, 2.75) is 12.5 Å². The van der Waals surface area contributed by atoms with Gasteiger partial charge in [0.05, 0.1) is 12.0 Å². The maximum Gasteiger partial charge on any atom is 0.228 e. The van der Waals surface area contributed by atoms with Crippen LogP contribution in [0.4, 0.5) is 5.69 Å². The summed E-state index contributed by atoms with van der Waals surface area (Å²) in [6.07, 6.45) is 0.261. The molecule has 5 heteroatoms. The molecule has 2 aromatic carbocycles. The van der Waals surface area contributed by atoms with E-state index in [4.69, 9.17) is 0 Å². The van der Waals surface area contributed by atoms with Gasteiger partial charge in [0.15, 0.2) is 0 Å². The van der Waals surface area contributed by atoms with Crippen molar-refractivity contribution in [3.8, 4) is 0 Å². The van der Waals surface area contributed by atoms with Crippen LogP contribution in [0.2, 0.25) is 0 Å². The van der Waals surface area contributed by atoms with Gasteiger partial charge in [0, 0.05) is 38.3 Å². The Hall–Kier alpha value is -2.66. The number of piperazine rings is 1. The number of hydrogen-bond donors (Lipinski definition) is 1. The van der Waals surface area contributed by atoms with E-state index in [1.807, 2.05) is 65.6 Å². The fraction of sp³-hybridized carbons (Fsp3) is 0.333. The first-order chi connectivity index (χ1) is 12.8. The van der Waals surface area contributed by atoms with E-state index in [9.17, 15) is 9.59 Å². The van der Waals surface area contributed by atoms with Gasteiger partial charge in [0.1, 0.15) is 0 Å². The van der Waals surface area contributed by atoms with Crippen LogP contribution < -0.4 is 10.2 Å². The van der Waals surface area contributed by atoms with E-state index in [0.29, 0.717) is 13.1 Å². The topological polar surface area (TPSA) is 52.7 Å². The molecule has 1 N–H and O–H groups in total. The van der Waals surface area contributed by atoms with Crippen LogP contribution in [-0.4, -0.2) is 42.9 Å². The molecule has 0 aromatic heterocycles. The predicted molar refractivity (Wildman–Crippen MR) is 101 cm³/mol. The molecule has 2 atom stereocenters. The number of carbonyl (C=O) groups excluding carboxylic acids is 2. The zero-order valence-corrected chi connectivity index (χ0v) is 14.7. The van der Waals surface area contributed by atoms with Crippen molar-refractivity contribution in [3.63, 3.8) is 0 Å². The minimum Gasteiger partial charge on any atom is -0.340 e. The number of hydrogen-bond acceptors (Lipinski definition) is 3. The molecule has 2 heterocycles. The first-order valence-corrected chi connectivity index (χ1v) is 9.17. The molecule has 4 rings (SSSR count). The van der Waals surface area contributed by atoms with E-state index in [1.165, 1.54) is 0 Å². The van der Waals surface area contributed by atoms with E-state index in [1.54, 1.807) is 4.90 Å². The standard InChI is InChI=1S/C21H23N3O2/c25-19-15-18(21(26)23-13-11-22-12-14-23)20(16-7-3-1-4-8-16)24(19)17-9-5-2-6-10-17/h1-10,18,20,22H,11-15H2/t18-,20-/m1/s1. The monoisotopic (exact) mass is 349 g/mol. The van der Waals surface area contributed by atoms with E-state index in [-0.39, 0.29) is 30.2 Å². The van der Waals surface area contributed by atoms with E-state index >= 15 is 0 Å². The van der Waals surface area contributed by atoms with Crippen LogP contribution in [0.25, 0.3) is 0 Å². The second kappa shape index (κ2) is 7.30. The largest absolute Gasteiger partial charge is 0.340 e. The van der Waals surface area contributed by atoms with Crippen molar-refractivity contribution in [3.05, 3.63) is 66.2 Å². The van der Waals surface area contributed by atoms with Crippen LogP contribution >= 0.6 is 0 Å². The highest BCUT2D eigenvalue weighted by Gasteiger charge is 2.46. The summed E-state index contributed by atoms with van der Waals surface area (Å²) < 4.78 is 0. The van der Waals surface area contributed by atoms with Gasteiger partial charge in [-0.15, -0.1) is 0 Å². The van der Waals surface area contributed by atoms with Crippen molar-refractivity contribution >= 4 is 17.5 Å². The Morgan fingerprint density at radius 1 is 0.923 bits per heavy atom. The van der Waals surface area contributed by atoms with Gasteiger partial charge in [-0.3, -0.25) is 9.59 Å². The van der Waals surface area contributed by atoms with E-state index < -0.39 is 0 Å². The lowest BCUT2D eigenvalue weighted by molar-refractivity contribution is -0.137. The second-order valence-electron chi connectivity index (χ2n) is 6.84. The van der Waals surface area contributed by atoms with Crippen molar-refractivity contribution in [2.24, 2.45) is 5.92 Å². The number of amides is 2. The normalized spacial score (nSPS) is 23.3. The SMILES string of the molecule is O=C([C@@H]1CC(=O)N(c2ccccc2)[C@@H]1c1ccccc1)N1CCNCC1. The average molecular weight is 349 g/mol. The zero-order chi connectivity index (χ0) is 17.9. The molecule has 5 nitrogen and oxygen atoms in total. The third-order valence-corrected chi connectivity index (χ3v) is 5.24. The minimum atomic E-state index is -0.344. The van der Waals surface area contributed by atoms with Crippen LogP contribution in [-0.2, 0) is 9.59 Å². The molecule has 2 aromatic rings. The van der Waals surface area contributed by atoms with Crippen LogP contribution in [0.15, 0.2) is 60.7 Å². The Morgan fingerprint density at radius 2 is 1.54 bits per heavy atom. The molecule has 2 aliphatic rings. The maximum atomic E-state index is 13.2. The Balaban J connectivity index is 1.71. The summed E-state index contributed by atoms with van der Waals surface area (Å²) in [5.74, 6) is -0.242. The van der Waals surface area contributed by atoms with Crippen LogP contribution in [0.1, 0.15) is 18.0 Å². The van der Waals surface area contributed by atoms with Crippen molar-refractivity contribution in [1.82, 2.24) is 10.2 Å². The predicted octanol–water partition coefficient (Wildman–Crippen LogP) is 2.21. The summed E-state index contributed by atoms with van der Waals surface area (Å²) in [6, 6.07) is 19.3. The Labute approximate surface area is 153 Å². The maximum absolute atomic E-state index is 13.2. The molecule has 0 aliphatic carbocycles. The van der Waals surface area contributed by atoms with Crippen LogP contribution in [0.3, 0.4) is 0 Å². The average Bonchev–Trinajstić information content (AvgIpc) is 3.06. The van der Waals surface area contributed by atoms with Gasteiger partial charge in [-0.2, -0.15) is 0 Å². The number of rotatable bonds is 3. The van der Waals surface area contributed by atoms with Crippen molar-refractivity contribution in [1.29, 1.82) is 0 Å². The number of benzene rings is 2. The summed E-state index contributed by atoms with van der Waals surface area (Å²) in [4.78, 5) is 29.8. The van der Waals surface area contributed by atoms with Gasteiger partial charge >= 0.3 is 0 Å². The Bertz CT molecular complexity index is 772. The molecule has 0 unspecified atom stereocenters. The highest BCUT2D eigenvalue weighted by molar-refractivity contribution is 6.01. The molecule has 0 bridgehead atoms. The fourth-order valence-electron chi connectivity index (χ4n) is 4.00. The third kappa shape index (κ3) is 3.10. The molecule has 2 saturated heterocycles. The summed E-state index contributed by atoms with van der Waals surface area (Å²) in [5, 5.41) is 3.28. The van der Waals surface area contributed by atoms with Gasteiger partial charge in [-0.25, -0.2) is 0 Å². The summed E-state index contributed by atoms with van der Waals surface area (Å²) in [5.41, 5.74) is 1.86. The number of carbonyl (C=O) groups is 2. The molecule has 2 amide bonds. The second-order valence-corrected chi connectivity index (χ2v) is 6.84. The van der Waals surface area contributed by atoms with E-state index in [2.05, 4.69) is 5.32 Å². The molecule has 26 heavy (non-hydrogen) atoms. The molecule has 134 valence electrons. The Kier molecular flexibility index (Phi) is 4.71. The molecule has 2 aliphatic heterocycles. The lowest BCUT2D eigenvalue weighted by atomic mass is 9.92. The van der Waals surface area contributed by atoms with Crippen molar-refractivity contribution in [2.75, 3.05) is 31.1 Å². The summed E-state index contributed by atoms with van der Waals surface area (Å²) in [6.45, 7) is 3.03. The first kappa shape index (κ1) is 16.8. The number of nitrogens with zero attached hydrogens (tertiary/aromatic N) is 2. The molecule has 0 radical (unpaired) electrons. The van der Waals surface area contributed by atoms with E-state index in [0.717, 1.165) is 24.3 Å². The lowest BCUT2D eigenvalue weighted by Gasteiger charge is -2.33. The summed E-state index contributed by atoms with van der Waals surface area (Å²) in [7, 11) is 0. The molecular weight excluding hydrogens is 326 g/mol. The number of nitrogens with one attached hydrogen (secondary N) is 1. The van der Waals surface area contributed by atoms with Gasteiger partial charge in [-0.1, -0.05) is 48.5 Å². The Morgan fingerprint density at radius 3 is 2.19 bits per heavy atom. The lowest BCUT2D eigenvalue weighted by Crippen LogP contribution is -2.49. The highest BCUT2D eigenvalue weighted by atomic mass is 16.2. The minimum absolute atomic E-state index is 0.0125. The molecule has 0 saturated carbocycles. The van der Waals surface area contributed by atoms with Gasteiger partial charge in [-0.05, 0) is 17.7 Å². The van der Waals surface area contributed by atoms with Gasteiger partial charge < -0.3 is 15.1 Å². The number of anilines is 1. The molecule has 0 spiro atoms. The number of para-hydroxylation sites is 1. The quantitative estimate of drug-likeness (QED) is 0.924. The zero-order valence-electron chi connectivity index (χ0n) is 14.7. The molecule has 2 fully saturated rings. The highest BCUT2D eigenvalue weighted by Crippen LogP contribution is 2.42. The van der Waals surface area contributed by atoms with Crippen molar-refractivity contribution < 1.29 is 9.59 Å². The van der Waals surface area contributed by atoms with Crippen LogP contribution in [0, 0.1) is 5.92 Å². The first-order valence-electron chi connectivity index (χ1n) is 9.17. The van der Waals surface area contributed by atoms with Crippen LogP contribution in [0.5, 0.6) is 0 Å². The fourth-order valence-corrected chi connectivity index (χ4v) is 4.00. The smallest absolute Gasteiger partial charge is 0.228 e. The van der Waals surface area contributed by atoms with Gasteiger partial charge in [0.25, 0.3) is 0 Å². The molecular formula is C21H23N3O2. The third-order valence-electron chi connectivity index (χ3n) is 5.24. The summed E-state index contributed by atoms with van der Waals surface area (Å²) >= 11 is 0. The van der Waals surface area contributed by atoms with Gasteiger partial charge in [0.2, 0.25) is 11.8 Å².